The Balaban J connectivity index is 0.000000536. The third-order valence-corrected chi connectivity index (χ3v) is 4.69. The summed E-state index contributed by atoms with van der Waals surface area (Å²) in [6.07, 6.45) is 2.35. The summed E-state index contributed by atoms with van der Waals surface area (Å²) in [6, 6.07) is 15.7. The highest BCUT2D eigenvalue weighted by Gasteiger charge is 2.39. The summed E-state index contributed by atoms with van der Waals surface area (Å²) in [5.74, 6) is -0.850. The molecule has 0 radical (unpaired) electrons. The van der Waals surface area contributed by atoms with Gasteiger partial charge < -0.3 is 9.84 Å². The fourth-order valence-electron chi connectivity index (χ4n) is 3.35. The van der Waals surface area contributed by atoms with Crippen LogP contribution < -0.4 is 10.4 Å². The van der Waals surface area contributed by atoms with Crippen LogP contribution in [0.2, 0.25) is 0 Å². The Labute approximate surface area is 212 Å². The Morgan fingerprint density at radius 1 is 0.914 bits per heavy atom. The topological polar surface area (TPSA) is 78.9 Å². The zero-order valence-electron chi connectivity index (χ0n) is 22.9. The summed E-state index contributed by atoms with van der Waals surface area (Å²) in [6.45, 7) is 17.5. The number of amides is 2. The number of carbonyl (C=O) groups is 2. The average molecular weight is 487 g/mol. The summed E-state index contributed by atoms with van der Waals surface area (Å²) in [5, 5.41) is 9.41. The maximum absolute atomic E-state index is 12.1. The minimum atomic E-state index is -0.518. The number of ether oxygens (including phenoxy) is 1. The molecule has 2 aromatic rings. The van der Waals surface area contributed by atoms with Crippen LogP contribution in [0.5, 0.6) is 0 Å². The van der Waals surface area contributed by atoms with Gasteiger partial charge in [-0.25, -0.2) is 5.01 Å². The summed E-state index contributed by atoms with van der Waals surface area (Å²) >= 11 is 0. The SMILES string of the molecule is CC(C)O.CCCCC1C(=O)NN(c2ccccc2)C1=O.CCOCC.Cc1cc(C)cc(C)c1. The molecule has 6 nitrogen and oxygen atoms in total. The number of benzene rings is 2. The summed E-state index contributed by atoms with van der Waals surface area (Å²) in [7, 11) is 0. The van der Waals surface area contributed by atoms with Crippen LogP contribution >= 0.6 is 0 Å². The number of aliphatic hydroxyl groups excluding tert-OH is 1. The van der Waals surface area contributed by atoms with Crippen molar-refractivity contribution in [3.8, 4) is 0 Å². The Hall–Kier alpha value is -2.70. The molecular weight excluding hydrogens is 440 g/mol. The predicted molar refractivity (Wildman–Crippen MR) is 145 cm³/mol. The first kappa shape index (κ1) is 32.3. The first-order valence-corrected chi connectivity index (χ1v) is 12.6. The van der Waals surface area contributed by atoms with Crippen LogP contribution in [0, 0.1) is 26.7 Å². The van der Waals surface area contributed by atoms with Gasteiger partial charge in [-0.05, 0) is 67.0 Å². The standard InChI is InChI=1S/C13H16N2O2.C9H12.C4H10O.C3H8O/c1-2-3-9-11-12(16)14-15(13(11)17)10-7-5-4-6-8-10;1-7-4-8(2)6-9(3)5-7;1-3-5-4-2;1-3(2)4/h4-8,11H,2-3,9H2,1H3,(H,14,16);4-6H,1-3H3;3-4H2,1-2H3;3-4H,1-2H3. The number of unbranched alkanes of at least 4 members (excludes halogenated alkanes) is 1. The fraction of sp³-hybridized carbons (Fsp3) is 0.517. The molecule has 1 heterocycles. The first-order valence-electron chi connectivity index (χ1n) is 12.6. The van der Waals surface area contributed by atoms with Crippen LogP contribution in [-0.2, 0) is 14.3 Å². The van der Waals surface area contributed by atoms with Crippen LogP contribution in [0.15, 0.2) is 48.5 Å². The molecule has 1 unspecified atom stereocenters. The molecule has 0 bridgehead atoms. The number of aryl methyl sites for hydroxylation is 3. The molecule has 1 aliphatic heterocycles. The lowest BCUT2D eigenvalue weighted by Gasteiger charge is -2.14. The number of nitrogens with zero attached hydrogens (tertiary/aromatic N) is 1. The molecule has 2 amide bonds. The quantitative estimate of drug-likeness (QED) is 0.497. The number of aliphatic hydroxyl groups is 1. The van der Waals surface area contributed by atoms with E-state index in [0.29, 0.717) is 12.1 Å². The zero-order valence-corrected chi connectivity index (χ0v) is 22.9. The molecule has 6 heteroatoms. The molecule has 0 aliphatic carbocycles. The Kier molecular flexibility index (Phi) is 17.2. The van der Waals surface area contributed by atoms with Crippen molar-refractivity contribution in [2.75, 3.05) is 18.2 Å². The van der Waals surface area contributed by atoms with Gasteiger partial charge in [0.25, 0.3) is 11.8 Å². The Morgan fingerprint density at radius 2 is 1.37 bits per heavy atom. The highest BCUT2D eigenvalue weighted by Crippen LogP contribution is 2.22. The number of hydrogen-bond acceptors (Lipinski definition) is 4. The van der Waals surface area contributed by atoms with Gasteiger partial charge >= 0.3 is 0 Å². The van der Waals surface area contributed by atoms with Gasteiger partial charge in [0, 0.05) is 19.3 Å². The van der Waals surface area contributed by atoms with Crippen molar-refractivity contribution in [1.29, 1.82) is 0 Å². The van der Waals surface area contributed by atoms with Crippen LogP contribution in [0.3, 0.4) is 0 Å². The summed E-state index contributed by atoms with van der Waals surface area (Å²) < 4.78 is 4.83. The molecule has 2 aromatic carbocycles. The van der Waals surface area contributed by atoms with Gasteiger partial charge in [0.2, 0.25) is 0 Å². The van der Waals surface area contributed by atoms with Gasteiger partial charge in [0.15, 0.2) is 0 Å². The minimum Gasteiger partial charge on any atom is -0.394 e. The number of rotatable bonds is 6. The average Bonchev–Trinajstić information content (AvgIpc) is 3.06. The van der Waals surface area contributed by atoms with E-state index in [1.807, 2.05) is 39.0 Å². The van der Waals surface area contributed by atoms with Gasteiger partial charge in [-0.2, -0.15) is 0 Å². The molecule has 1 saturated heterocycles. The van der Waals surface area contributed by atoms with E-state index in [-0.39, 0.29) is 17.9 Å². The molecule has 0 aromatic heterocycles. The van der Waals surface area contributed by atoms with E-state index in [0.717, 1.165) is 26.1 Å². The third-order valence-electron chi connectivity index (χ3n) is 4.69. The summed E-state index contributed by atoms with van der Waals surface area (Å²) in [5.41, 5.74) is 7.40. The van der Waals surface area contributed by atoms with Crippen molar-refractivity contribution in [3.63, 3.8) is 0 Å². The third kappa shape index (κ3) is 14.3. The molecule has 1 atom stereocenters. The maximum atomic E-state index is 12.1. The first-order chi connectivity index (χ1) is 16.6. The smallest absolute Gasteiger partial charge is 0.258 e. The van der Waals surface area contributed by atoms with E-state index in [9.17, 15) is 9.59 Å². The van der Waals surface area contributed by atoms with Gasteiger partial charge in [-0.15, -0.1) is 0 Å². The van der Waals surface area contributed by atoms with E-state index < -0.39 is 5.92 Å². The van der Waals surface area contributed by atoms with Gasteiger partial charge in [0.05, 0.1) is 5.69 Å². The highest BCUT2D eigenvalue weighted by molar-refractivity contribution is 6.14. The normalized spacial score (nSPS) is 14.2. The number of nitrogens with one attached hydrogen (secondary N) is 1. The second-order valence-corrected chi connectivity index (χ2v) is 8.72. The lowest BCUT2D eigenvalue weighted by atomic mass is 10.0. The van der Waals surface area contributed by atoms with Crippen molar-refractivity contribution in [2.24, 2.45) is 5.92 Å². The van der Waals surface area contributed by atoms with Crippen molar-refractivity contribution in [3.05, 3.63) is 65.2 Å². The number of hydrazine groups is 1. The summed E-state index contributed by atoms with van der Waals surface area (Å²) in [4.78, 5) is 23.8. The molecule has 2 N–H and O–H groups in total. The van der Waals surface area contributed by atoms with E-state index in [1.165, 1.54) is 21.7 Å². The molecule has 0 saturated carbocycles. The monoisotopic (exact) mass is 486 g/mol. The minimum absolute atomic E-state index is 0.144. The van der Waals surface area contributed by atoms with Crippen LogP contribution in [0.4, 0.5) is 5.69 Å². The largest absolute Gasteiger partial charge is 0.394 e. The molecule has 3 rings (SSSR count). The molecular formula is C29H46N2O4. The van der Waals surface area contributed by atoms with Gasteiger partial charge in [0.1, 0.15) is 5.92 Å². The lowest BCUT2D eigenvalue weighted by molar-refractivity contribution is -0.127. The van der Waals surface area contributed by atoms with Crippen molar-refractivity contribution < 1.29 is 19.4 Å². The lowest BCUT2D eigenvalue weighted by Crippen LogP contribution is -2.35. The van der Waals surface area contributed by atoms with Crippen LogP contribution in [0.1, 0.15) is 70.6 Å². The second-order valence-electron chi connectivity index (χ2n) is 8.72. The van der Waals surface area contributed by atoms with Crippen molar-refractivity contribution in [2.45, 2.75) is 80.8 Å². The zero-order chi connectivity index (χ0) is 26.8. The number of anilines is 1. The molecule has 1 aliphatic rings. The van der Waals surface area contributed by atoms with E-state index in [4.69, 9.17) is 9.84 Å². The van der Waals surface area contributed by atoms with Gasteiger partial charge in [-0.1, -0.05) is 72.9 Å². The molecule has 1 fully saturated rings. The number of hydrogen-bond donors (Lipinski definition) is 2. The van der Waals surface area contributed by atoms with Crippen LogP contribution in [0.25, 0.3) is 0 Å². The molecule has 196 valence electrons. The Bertz CT molecular complexity index is 798. The van der Waals surface area contributed by atoms with Crippen molar-refractivity contribution >= 4 is 17.5 Å². The maximum Gasteiger partial charge on any atom is 0.258 e. The Morgan fingerprint density at radius 3 is 1.74 bits per heavy atom. The van der Waals surface area contributed by atoms with Crippen molar-refractivity contribution in [1.82, 2.24) is 5.43 Å². The highest BCUT2D eigenvalue weighted by atomic mass is 16.5. The number of para-hydroxylation sites is 1. The van der Waals surface area contributed by atoms with E-state index >= 15 is 0 Å². The second kappa shape index (κ2) is 18.6. The van der Waals surface area contributed by atoms with Gasteiger partial charge in [-0.3, -0.25) is 15.0 Å². The fourth-order valence-corrected chi connectivity index (χ4v) is 3.35. The van der Waals surface area contributed by atoms with E-state index in [2.05, 4.69) is 44.4 Å². The molecule has 35 heavy (non-hydrogen) atoms. The van der Waals surface area contributed by atoms with Crippen LogP contribution in [-0.4, -0.2) is 36.2 Å². The molecule has 0 spiro atoms. The number of carbonyl (C=O) groups excluding carboxylic acids is 2. The predicted octanol–water partition coefficient (Wildman–Crippen LogP) is 5.91. The van der Waals surface area contributed by atoms with E-state index in [1.54, 1.807) is 26.0 Å².